The molecule has 0 spiro atoms. The number of hydrogen-bond acceptors (Lipinski definition) is 5. The highest BCUT2D eigenvalue weighted by atomic mass is 16.5. The molecule has 0 radical (unpaired) electrons. The fourth-order valence-corrected chi connectivity index (χ4v) is 1.46. The lowest BCUT2D eigenvalue weighted by Crippen LogP contribution is -2.30. The first kappa shape index (κ1) is 14.6. The van der Waals surface area contributed by atoms with Crippen molar-refractivity contribution < 1.29 is 19.8 Å². The number of nitrogens with two attached hydrogens (primary N) is 1. The van der Waals surface area contributed by atoms with Crippen molar-refractivity contribution in [3.63, 3.8) is 0 Å². The maximum absolute atomic E-state index is 12.0. The molecular weight excluding hydrogens is 250 g/mol. The molecule has 7 nitrogen and oxygen atoms in total. The molecule has 0 aromatic heterocycles. The number of nitrogens with zero attached hydrogens (tertiary/aromatic N) is 2. The van der Waals surface area contributed by atoms with Gasteiger partial charge in [-0.25, -0.2) is 0 Å². The van der Waals surface area contributed by atoms with Crippen LogP contribution in [0.2, 0.25) is 0 Å². The molecule has 0 fully saturated rings. The molecule has 0 bridgehead atoms. The molecule has 1 rings (SSSR count). The van der Waals surface area contributed by atoms with Crippen molar-refractivity contribution in [2.24, 2.45) is 10.9 Å². The monoisotopic (exact) mass is 267 g/mol. The summed E-state index contributed by atoms with van der Waals surface area (Å²) in [6.45, 7) is 0.278. The Hall–Kier alpha value is -2.44. The first-order valence-electron chi connectivity index (χ1n) is 5.58. The van der Waals surface area contributed by atoms with E-state index < -0.39 is 0 Å². The molecule has 7 heteroatoms. The molecule has 0 heterocycles. The van der Waals surface area contributed by atoms with E-state index >= 15 is 0 Å². The van der Waals surface area contributed by atoms with Crippen molar-refractivity contribution in [1.29, 1.82) is 0 Å². The molecule has 19 heavy (non-hydrogen) atoms. The minimum atomic E-state index is -0.356. The summed E-state index contributed by atoms with van der Waals surface area (Å²) in [6, 6.07) is 4.44. The van der Waals surface area contributed by atoms with Crippen LogP contribution in [0.15, 0.2) is 23.4 Å². The van der Waals surface area contributed by atoms with Crippen LogP contribution in [0.5, 0.6) is 11.5 Å². The van der Waals surface area contributed by atoms with Gasteiger partial charge in [0.1, 0.15) is 17.3 Å². The van der Waals surface area contributed by atoms with Gasteiger partial charge >= 0.3 is 0 Å². The molecular formula is C12H17N3O4. The van der Waals surface area contributed by atoms with Crippen LogP contribution in [0.25, 0.3) is 0 Å². The van der Waals surface area contributed by atoms with Crippen LogP contribution >= 0.6 is 0 Å². The van der Waals surface area contributed by atoms with E-state index in [0.717, 1.165) is 0 Å². The molecule has 0 saturated heterocycles. The van der Waals surface area contributed by atoms with Gasteiger partial charge in [0.2, 0.25) is 0 Å². The highest BCUT2D eigenvalue weighted by molar-refractivity contribution is 5.97. The molecule has 0 aliphatic heterocycles. The number of phenolic OH excluding ortho intramolecular Hbond substituents is 1. The predicted molar refractivity (Wildman–Crippen MR) is 69.6 cm³/mol. The summed E-state index contributed by atoms with van der Waals surface area (Å²) in [7, 11) is 3.04. The van der Waals surface area contributed by atoms with Crippen molar-refractivity contribution in [3.05, 3.63) is 23.8 Å². The number of carbonyl (C=O) groups excluding carboxylic acids is 1. The van der Waals surface area contributed by atoms with E-state index in [4.69, 9.17) is 15.7 Å². The van der Waals surface area contributed by atoms with Crippen molar-refractivity contribution in [2.75, 3.05) is 20.7 Å². The standard InChI is InChI=1S/C12H17N3O4/c1-15(6-5-11(13)14-18)12(17)9-4-3-8(19-2)7-10(9)16/h3-4,7,16,18H,5-6H2,1-2H3,(H2,13,14). The number of ether oxygens (including phenoxy) is 1. The van der Waals surface area contributed by atoms with Gasteiger partial charge in [0.25, 0.3) is 5.91 Å². The largest absolute Gasteiger partial charge is 0.507 e. The summed E-state index contributed by atoms with van der Waals surface area (Å²) in [4.78, 5) is 13.4. The van der Waals surface area contributed by atoms with E-state index in [2.05, 4.69) is 5.16 Å². The number of hydrogen-bond donors (Lipinski definition) is 3. The number of amides is 1. The number of aromatic hydroxyl groups is 1. The number of benzene rings is 1. The Morgan fingerprint density at radius 3 is 2.74 bits per heavy atom. The van der Waals surface area contributed by atoms with E-state index in [9.17, 15) is 9.90 Å². The number of oxime groups is 1. The van der Waals surface area contributed by atoms with E-state index in [1.54, 1.807) is 13.1 Å². The lowest BCUT2D eigenvalue weighted by atomic mass is 10.1. The topological polar surface area (TPSA) is 108 Å². The summed E-state index contributed by atoms with van der Waals surface area (Å²) in [6.07, 6.45) is 0.246. The van der Waals surface area contributed by atoms with Gasteiger partial charge in [-0.2, -0.15) is 0 Å². The Morgan fingerprint density at radius 2 is 2.21 bits per heavy atom. The minimum absolute atomic E-state index is 0.0404. The summed E-state index contributed by atoms with van der Waals surface area (Å²) in [5.74, 6) is -0.00199. The molecule has 1 aromatic rings. The van der Waals surface area contributed by atoms with Crippen LogP contribution in [-0.2, 0) is 0 Å². The molecule has 104 valence electrons. The first-order valence-corrected chi connectivity index (χ1v) is 5.58. The number of rotatable bonds is 5. The van der Waals surface area contributed by atoms with Gasteiger partial charge in [-0.1, -0.05) is 5.16 Å². The molecule has 0 unspecified atom stereocenters. The highest BCUT2D eigenvalue weighted by Crippen LogP contribution is 2.24. The maximum Gasteiger partial charge on any atom is 0.257 e. The van der Waals surface area contributed by atoms with Crippen molar-refractivity contribution in [3.8, 4) is 11.5 Å². The molecule has 1 amide bonds. The molecule has 0 saturated carbocycles. The SMILES string of the molecule is COc1ccc(C(=O)N(C)CC/C(N)=N/O)c(O)c1. The first-order chi connectivity index (χ1) is 8.99. The van der Waals surface area contributed by atoms with Crippen LogP contribution in [0, 0.1) is 0 Å². The number of carbonyl (C=O) groups is 1. The lowest BCUT2D eigenvalue weighted by molar-refractivity contribution is 0.0795. The number of phenols is 1. The Morgan fingerprint density at radius 1 is 1.53 bits per heavy atom. The Bertz CT molecular complexity index is 488. The normalized spacial score (nSPS) is 11.2. The second kappa shape index (κ2) is 6.48. The summed E-state index contributed by atoms with van der Waals surface area (Å²) >= 11 is 0. The fourth-order valence-electron chi connectivity index (χ4n) is 1.46. The third-order valence-corrected chi connectivity index (χ3v) is 2.61. The summed E-state index contributed by atoms with van der Waals surface area (Å²) in [5.41, 5.74) is 5.49. The van der Waals surface area contributed by atoms with Crippen LogP contribution < -0.4 is 10.5 Å². The smallest absolute Gasteiger partial charge is 0.257 e. The van der Waals surface area contributed by atoms with Crippen molar-refractivity contribution in [1.82, 2.24) is 4.90 Å². The average molecular weight is 267 g/mol. The predicted octanol–water partition coefficient (Wildman–Crippen LogP) is 0.609. The molecule has 0 aliphatic carbocycles. The zero-order valence-corrected chi connectivity index (χ0v) is 10.8. The van der Waals surface area contributed by atoms with Gasteiger partial charge in [0.05, 0.1) is 12.7 Å². The fraction of sp³-hybridized carbons (Fsp3) is 0.333. The number of amidine groups is 1. The maximum atomic E-state index is 12.0. The molecule has 0 aliphatic rings. The van der Waals surface area contributed by atoms with E-state index in [0.29, 0.717) is 5.75 Å². The third kappa shape index (κ3) is 3.77. The van der Waals surface area contributed by atoms with Crippen LogP contribution in [0.1, 0.15) is 16.8 Å². The van der Waals surface area contributed by atoms with Gasteiger partial charge in [0.15, 0.2) is 0 Å². The van der Waals surface area contributed by atoms with Gasteiger partial charge in [-0.05, 0) is 12.1 Å². The van der Waals surface area contributed by atoms with Gasteiger partial charge in [-0.3, -0.25) is 4.79 Å². The zero-order chi connectivity index (χ0) is 14.4. The van der Waals surface area contributed by atoms with Crippen LogP contribution in [0.3, 0.4) is 0 Å². The van der Waals surface area contributed by atoms with E-state index in [1.165, 1.54) is 24.1 Å². The van der Waals surface area contributed by atoms with Crippen molar-refractivity contribution >= 4 is 11.7 Å². The van der Waals surface area contributed by atoms with Crippen LogP contribution in [-0.4, -0.2) is 47.7 Å². The van der Waals surface area contributed by atoms with Crippen molar-refractivity contribution in [2.45, 2.75) is 6.42 Å². The quantitative estimate of drug-likeness (QED) is 0.313. The average Bonchev–Trinajstić information content (AvgIpc) is 2.43. The van der Waals surface area contributed by atoms with Gasteiger partial charge < -0.3 is 25.7 Å². The Labute approximate surface area is 110 Å². The Kier molecular flexibility index (Phi) is 4.99. The second-order valence-electron chi connectivity index (χ2n) is 3.95. The van der Waals surface area contributed by atoms with Gasteiger partial charge in [-0.15, -0.1) is 0 Å². The minimum Gasteiger partial charge on any atom is -0.507 e. The van der Waals surface area contributed by atoms with E-state index in [1.807, 2.05) is 0 Å². The molecule has 4 N–H and O–H groups in total. The lowest BCUT2D eigenvalue weighted by Gasteiger charge is -2.17. The van der Waals surface area contributed by atoms with E-state index in [-0.39, 0.29) is 36.0 Å². The van der Waals surface area contributed by atoms with Gasteiger partial charge in [0, 0.05) is 26.1 Å². The zero-order valence-electron chi connectivity index (χ0n) is 10.8. The Balaban J connectivity index is 2.77. The summed E-state index contributed by atoms with van der Waals surface area (Å²) < 4.78 is 4.94. The molecule has 0 atom stereocenters. The molecule has 1 aromatic carbocycles. The summed E-state index contributed by atoms with van der Waals surface area (Å²) in [5, 5.41) is 21.0. The second-order valence-corrected chi connectivity index (χ2v) is 3.95. The highest BCUT2D eigenvalue weighted by Gasteiger charge is 2.16. The van der Waals surface area contributed by atoms with Crippen LogP contribution in [0.4, 0.5) is 0 Å². The number of methoxy groups -OCH3 is 1. The third-order valence-electron chi connectivity index (χ3n) is 2.61.